The quantitative estimate of drug-likeness (QED) is 0.866. The van der Waals surface area contributed by atoms with E-state index in [1.54, 1.807) is 13.2 Å². The Hall–Kier alpha value is -1.87. The van der Waals surface area contributed by atoms with Gasteiger partial charge in [0.2, 0.25) is 0 Å². The Morgan fingerprint density at radius 3 is 2.85 bits per heavy atom. The zero-order chi connectivity index (χ0) is 18.3. The van der Waals surface area contributed by atoms with Crippen LogP contribution in [-0.2, 0) is 0 Å². The molecule has 3 fully saturated rings. The first-order valence-electron chi connectivity index (χ1n) is 9.45. The zero-order valence-corrected chi connectivity index (χ0v) is 16.6. The number of methoxy groups -OCH3 is 1. The summed E-state index contributed by atoms with van der Waals surface area (Å²) in [7, 11) is 1.63. The van der Waals surface area contributed by atoms with Gasteiger partial charge < -0.3 is 9.84 Å². The third-order valence-corrected chi connectivity index (χ3v) is 6.31. The first kappa shape index (κ1) is 19.9. The summed E-state index contributed by atoms with van der Waals surface area (Å²) in [6.45, 7) is 4.39. The molecule has 6 heteroatoms. The Morgan fingerprint density at radius 1 is 1.41 bits per heavy atom. The van der Waals surface area contributed by atoms with Crippen molar-refractivity contribution in [3.8, 4) is 11.8 Å². The predicted molar refractivity (Wildman–Crippen MR) is 107 cm³/mol. The molecule has 0 spiro atoms. The molecular formula is C21H26ClN3O2. The molecule has 1 unspecified atom stereocenters. The van der Waals surface area contributed by atoms with Gasteiger partial charge in [-0.25, -0.2) is 4.98 Å². The molecule has 0 aliphatic carbocycles. The van der Waals surface area contributed by atoms with Crippen molar-refractivity contribution in [2.24, 2.45) is 11.8 Å². The molecule has 2 bridgehead atoms. The molecule has 5 nitrogen and oxygen atoms in total. The fraction of sp³-hybridized carbons (Fsp3) is 0.524. The monoisotopic (exact) mass is 387 g/mol. The molecule has 5 rings (SSSR count). The van der Waals surface area contributed by atoms with Gasteiger partial charge in [-0.2, -0.15) is 5.26 Å². The van der Waals surface area contributed by atoms with Crippen molar-refractivity contribution < 1.29 is 9.84 Å². The van der Waals surface area contributed by atoms with E-state index in [1.807, 2.05) is 18.2 Å². The molecule has 1 aromatic carbocycles. The van der Waals surface area contributed by atoms with Crippen LogP contribution in [-0.4, -0.2) is 41.2 Å². The van der Waals surface area contributed by atoms with Gasteiger partial charge in [-0.1, -0.05) is 13.3 Å². The Kier molecular flexibility index (Phi) is 5.90. The van der Waals surface area contributed by atoms with Crippen molar-refractivity contribution in [1.82, 2.24) is 9.88 Å². The number of piperidine rings is 3. The summed E-state index contributed by atoms with van der Waals surface area (Å²) in [6, 6.07) is 9.58. The number of aliphatic hydroxyl groups is 1. The van der Waals surface area contributed by atoms with Crippen LogP contribution in [0, 0.1) is 23.2 Å². The van der Waals surface area contributed by atoms with E-state index in [4.69, 9.17) is 4.74 Å². The summed E-state index contributed by atoms with van der Waals surface area (Å²) in [5.41, 5.74) is 1.86. The van der Waals surface area contributed by atoms with Crippen molar-refractivity contribution in [3.05, 3.63) is 35.5 Å². The van der Waals surface area contributed by atoms with Crippen molar-refractivity contribution in [3.63, 3.8) is 0 Å². The highest BCUT2D eigenvalue weighted by atomic mass is 35.5. The van der Waals surface area contributed by atoms with E-state index >= 15 is 0 Å². The second-order valence-electron chi connectivity index (χ2n) is 7.55. The molecule has 3 aliphatic rings. The van der Waals surface area contributed by atoms with E-state index in [2.05, 4.69) is 22.9 Å². The van der Waals surface area contributed by atoms with E-state index in [0.29, 0.717) is 11.6 Å². The molecule has 2 aromatic rings. The maximum Gasteiger partial charge on any atom is 0.141 e. The van der Waals surface area contributed by atoms with Gasteiger partial charge in [-0.05, 0) is 61.1 Å². The van der Waals surface area contributed by atoms with Gasteiger partial charge in [0.1, 0.15) is 17.5 Å². The number of benzene rings is 1. The Balaban J connectivity index is 0.00000210. The number of halogens is 1. The number of nitriles is 1. The van der Waals surface area contributed by atoms with Gasteiger partial charge in [0, 0.05) is 18.0 Å². The van der Waals surface area contributed by atoms with Crippen LogP contribution in [0.2, 0.25) is 0 Å². The van der Waals surface area contributed by atoms with Gasteiger partial charge in [0.25, 0.3) is 0 Å². The normalized spacial score (nSPS) is 27.6. The SMILES string of the molecule is CC[C@H]1CN2CC[C@H]1C[C@H]2[C@H](O)c1cc(C#N)nc2ccc(OC)cc12.Cl. The number of pyridine rings is 1. The van der Waals surface area contributed by atoms with Crippen LogP contribution in [0.15, 0.2) is 24.3 Å². The minimum atomic E-state index is -0.625. The molecule has 27 heavy (non-hydrogen) atoms. The molecular weight excluding hydrogens is 362 g/mol. The summed E-state index contributed by atoms with van der Waals surface area (Å²) < 4.78 is 5.35. The summed E-state index contributed by atoms with van der Waals surface area (Å²) in [5, 5.41) is 21.5. The lowest BCUT2D eigenvalue weighted by Gasteiger charge is -2.51. The molecule has 3 saturated heterocycles. The van der Waals surface area contributed by atoms with E-state index in [1.165, 1.54) is 12.8 Å². The lowest BCUT2D eigenvalue weighted by Crippen LogP contribution is -2.55. The minimum absolute atomic E-state index is 0. The number of rotatable bonds is 4. The first-order chi connectivity index (χ1) is 12.6. The number of aromatic nitrogens is 1. The highest BCUT2D eigenvalue weighted by Gasteiger charge is 2.42. The molecule has 1 N–H and O–H groups in total. The largest absolute Gasteiger partial charge is 0.497 e. The van der Waals surface area contributed by atoms with Crippen LogP contribution >= 0.6 is 12.4 Å². The fourth-order valence-corrected chi connectivity index (χ4v) is 4.84. The molecule has 4 heterocycles. The lowest BCUT2D eigenvalue weighted by molar-refractivity contribution is -0.0562. The van der Waals surface area contributed by atoms with Crippen LogP contribution in [0.4, 0.5) is 0 Å². The van der Waals surface area contributed by atoms with Crippen LogP contribution in [0.3, 0.4) is 0 Å². The minimum Gasteiger partial charge on any atom is -0.497 e. The molecule has 5 atom stereocenters. The summed E-state index contributed by atoms with van der Waals surface area (Å²) >= 11 is 0. The highest BCUT2D eigenvalue weighted by molar-refractivity contribution is 5.85. The van der Waals surface area contributed by atoms with E-state index in [9.17, 15) is 10.4 Å². The van der Waals surface area contributed by atoms with E-state index in [-0.39, 0.29) is 18.4 Å². The van der Waals surface area contributed by atoms with Crippen LogP contribution in [0.5, 0.6) is 5.75 Å². The number of hydrogen-bond acceptors (Lipinski definition) is 5. The topological polar surface area (TPSA) is 69.4 Å². The van der Waals surface area contributed by atoms with Crippen LogP contribution in [0.25, 0.3) is 10.9 Å². The van der Waals surface area contributed by atoms with Crippen LogP contribution < -0.4 is 4.74 Å². The zero-order valence-electron chi connectivity index (χ0n) is 15.8. The maximum atomic E-state index is 11.3. The molecule has 1 aromatic heterocycles. The second kappa shape index (κ2) is 8.02. The van der Waals surface area contributed by atoms with E-state index < -0.39 is 6.10 Å². The van der Waals surface area contributed by atoms with Crippen molar-refractivity contribution in [2.75, 3.05) is 20.2 Å². The molecule has 144 valence electrons. The molecule has 3 aliphatic heterocycles. The fourth-order valence-electron chi connectivity index (χ4n) is 4.84. The smallest absolute Gasteiger partial charge is 0.141 e. The average Bonchev–Trinajstić information content (AvgIpc) is 2.72. The maximum absolute atomic E-state index is 11.3. The Bertz CT molecular complexity index is 866. The van der Waals surface area contributed by atoms with Gasteiger partial charge in [-0.15, -0.1) is 12.4 Å². The second-order valence-corrected chi connectivity index (χ2v) is 7.55. The van der Waals surface area contributed by atoms with E-state index in [0.717, 1.165) is 47.6 Å². The Labute approximate surface area is 166 Å². The van der Waals surface area contributed by atoms with Crippen molar-refractivity contribution in [1.29, 1.82) is 5.26 Å². The molecule has 0 amide bonds. The van der Waals surface area contributed by atoms with Crippen molar-refractivity contribution >= 4 is 23.3 Å². The van der Waals surface area contributed by atoms with Gasteiger partial charge in [0.05, 0.1) is 18.7 Å². The average molecular weight is 388 g/mol. The molecule has 0 saturated carbocycles. The summed E-state index contributed by atoms with van der Waals surface area (Å²) in [4.78, 5) is 6.83. The molecule has 0 radical (unpaired) electrons. The third-order valence-electron chi connectivity index (χ3n) is 6.31. The third kappa shape index (κ3) is 3.50. The van der Waals surface area contributed by atoms with Crippen molar-refractivity contribution in [2.45, 2.75) is 38.3 Å². The lowest BCUT2D eigenvalue weighted by atomic mass is 9.72. The van der Waals surface area contributed by atoms with Crippen LogP contribution in [0.1, 0.15) is 43.5 Å². The summed E-state index contributed by atoms with van der Waals surface area (Å²) in [5.74, 6) is 2.17. The number of aliphatic hydroxyl groups excluding tert-OH is 1. The first-order valence-corrected chi connectivity index (χ1v) is 9.45. The van der Waals surface area contributed by atoms with Gasteiger partial charge in [-0.3, -0.25) is 4.90 Å². The summed E-state index contributed by atoms with van der Waals surface area (Å²) in [6.07, 6.45) is 2.84. The number of fused-ring (bicyclic) bond motifs is 4. The van der Waals surface area contributed by atoms with Gasteiger partial charge >= 0.3 is 0 Å². The predicted octanol–water partition coefficient (Wildman–Crippen LogP) is 3.69. The standard InChI is InChI=1S/C21H25N3O2.ClH/c1-3-13-12-24-7-6-14(13)8-20(24)21(25)18-9-15(11-22)23-19-5-4-16(26-2)10-17(18)19;/h4-5,9-10,13-14,20-21,25H,3,6-8,12H2,1-2H3;1H/t13-,14-,20-,21+;/m0./s1. The number of hydrogen-bond donors (Lipinski definition) is 1. The highest BCUT2D eigenvalue weighted by Crippen LogP contribution is 2.43. The number of nitrogens with zero attached hydrogens (tertiary/aromatic N) is 3. The Morgan fingerprint density at radius 2 is 2.22 bits per heavy atom. The van der Waals surface area contributed by atoms with Gasteiger partial charge in [0.15, 0.2) is 0 Å². The number of ether oxygens (including phenoxy) is 1.